The van der Waals surface area contributed by atoms with Crippen LogP contribution in [0.25, 0.3) is 0 Å². The zero-order valence-corrected chi connectivity index (χ0v) is 10.1. The molecule has 0 radical (unpaired) electrons. The molecule has 0 aromatic rings. The first-order valence-electron chi connectivity index (χ1n) is 5.88. The van der Waals surface area contributed by atoms with Crippen molar-refractivity contribution in [1.82, 2.24) is 10.6 Å². The second-order valence-electron chi connectivity index (χ2n) is 4.42. The Morgan fingerprint density at radius 1 is 1.62 bits per heavy atom. The van der Waals surface area contributed by atoms with Crippen LogP contribution in [-0.4, -0.2) is 49.0 Å². The molecule has 1 aliphatic heterocycles. The van der Waals surface area contributed by atoms with Crippen molar-refractivity contribution in [1.29, 1.82) is 0 Å². The number of carbonyl (C=O) groups excluding carboxylic acids is 1. The van der Waals surface area contributed by atoms with Crippen molar-refractivity contribution >= 4 is 5.91 Å². The highest BCUT2D eigenvalue weighted by Crippen LogP contribution is 2.16. The summed E-state index contributed by atoms with van der Waals surface area (Å²) in [6.07, 6.45) is 1.56. The number of ether oxygens (including phenoxy) is 1. The molecule has 0 saturated carbocycles. The fourth-order valence-corrected chi connectivity index (χ4v) is 1.57. The molecular formula is C11H22N2O3. The molecule has 1 amide bonds. The van der Waals surface area contributed by atoms with Gasteiger partial charge in [0, 0.05) is 26.1 Å². The summed E-state index contributed by atoms with van der Waals surface area (Å²) in [6.45, 7) is 5.84. The number of rotatable bonds is 6. The van der Waals surface area contributed by atoms with Crippen LogP contribution in [0.1, 0.15) is 26.7 Å². The van der Waals surface area contributed by atoms with Gasteiger partial charge >= 0.3 is 0 Å². The number of amides is 1. The molecule has 16 heavy (non-hydrogen) atoms. The predicted molar refractivity (Wildman–Crippen MR) is 61.2 cm³/mol. The van der Waals surface area contributed by atoms with Crippen LogP contribution in [0.2, 0.25) is 0 Å². The van der Waals surface area contributed by atoms with E-state index in [9.17, 15) is 9.90 Å². The summed E-state index contributed by atoms with van der Waals surface area (Å²) >= 11 is 0. The van der Waals surface area contributed by atoms with E-state index >= 15 is 0 Å². The van der Waals surface area contributed by atoms with Crippen molar-refractivity contribution < 1.29 is 14.6 Å². The third-order valence-electron chi connectivity index (χ3n) is 2.76. The highest BCUT2D eigenvalue weighted by Gasteiger charge is 2.32. The molecule has 5 nitrogen and oxygen atoms in total. The summed E-state index contributed by atoms with van der Waals surface area (Å²) in [5.41, 5.74) is -0.806. The largest absolute Gasteiger partial charge is 0.386 e. The maximum Gasteiger partial charge on any atom is 0.236 e. The lowest BCUT2D eigenvalue weighted by Gasteiger charge is -2.23. The lowest BCUT2D eigenvalue weighted by Crippen LogP contribution is -2.49. The molecular weight excluding hydrogens is 208 g/mol. The molecule has 2 atom stereocenters. The van der Waals surface area contributed by atoms with E-state index in [2.05, 4.69) is 10.6 Å². The minimum Gasteiger partial charge on any atom is -0.386 e. The van der Waals surface area contributed by atoms with Gasteiger partial charge in [0.2, 0.25) is 5.91 Å². The van der Waals surface area contributed by atoms with Crippen molar-refractivity contribution in [3.8, 4) is 0 Å². The Labute approximate surface area is 96.6 Å². The van der Waals surface area contributed by atoms with Gasteiger partial charge in [0.25, 0.3) is 0 Å². The smallest absolute Gasteiger partial charge is 0.236 e. The molecule has 0 spiro atoms. The molecule has 1 rings (SSSR count). The minimum absolute atomic E-state index is 0.0237. The average Bonchev–Trinajstić information content (AvgIpc) is 2.70. The van der Waals surface area contributed by atoms with Crippen LogP contribution in [0.3, 0.4) is 0 Å². The quantitative estimate of drug-likeness (QED) is 0.583. The summed E-state index contributed by atoms with van der Waals surface area (Å²) in [5.74, 6) is -0.0237. The summed E-state index contributed by atoms with van der Waals surface area (Å²) in [7, 11) is 0. The average molecular weight is 230 g/mol. The van der Waals surface area contributed by atoms with Gasteiger partial charge in [-0.05, 0) is 13.3 Å². The second-order valence-corrected chi connectivity index (χ2v) is 4.42. The van der Waals surface area contributed by atoms with Crippen LogP contribution in [0.15, 0.2) is 0 Å². The zero-order chi connectivity index (χ0) is 12.0. The van der Waals surface area contributed by atoms with E-state index < -0.39 is 5.60 Å². The zero-order valence-electron chi connectivity index (χ0n) is 10.1. The van der Waals surface area contributed by atoms with Crippen molar-refractivity contribution in [3.63, 3.8) is 0 Å². The van der Waals surface area contributed by atoms with E-state index in [1.54, 1.807) is 6.92 Å². The summed E-state index contributed by atoms with van der Waals surface area (Å²) in [4.78, 5) is 11.5. The maximum atomic E-state index is 11.5. The second kappa shape index (κ2) is 6.18. The van der Waals surface area contributed by atoms with Gasteiger partial charge in [0.05, 0.1) is 12.6 Å². The van der Waals surface area contributed by atoms with Gasteiger partial charge in [-0.3, -0.25) is 4.79 Å². The third kappa shape index (κ3) is 4.08. The Morgan fingerprint density at radius 3 is 2.94 bits per heavy atom. The van der Waals surface area contributed by atoms with E-state index in [1.165, 1.54) is 0 Å². The Hall–Kier alpha value is -0.650. The summed E-state index contributed by atoms with van der Waals surface area (Å²) in [6, 6.07) is -0.281. The number of nitrogens with one attached hydrogen (secondary N) is 2. The van der Waals surface area contributed by atoms with Crippen LogP contribution in [-0.2, 0) is 9.53 Å². The number of aliphatic hydroxyl groups is 1. The maximum absolute atomic E-state index is 11.5. The number of carbonyl (C=O) groups is 1. The molecule has 2 unspecified atom stereocenters. The molecule has 0 aliphatic carbocycles. The first-order chi connectivity index (χ1) is 7.57. The molecule has 94 valence electrons. The van der Waals surface area contributed by atoms with Gasteiger partial charge in [-0.15, -0.1) is 0 Å². The molecule has 5 heteroatoms. The topological polar surface area (TPSA) is 70.6 Å². The van der Waals surface area contributed by atoms with E-state index in [0.29, 0.717) is 32.7 Å². The molecule has 1 fully saturated rings. The predicted octanol–water partition coefficient (Wildman–Crippen LogP) is -0.358. The van der Waals surface area contributed by atoms with Crippen molar-refractivity contribution in [3.05, 3.63) is 0 Å². The van der Waals surface area contributed by atoms with Gasteiger partial charge in [-0.1, -0.05) is 6.92 Å². The lowest BCUT2D eigenvalue weighted by atomic mass is 10.0. The molecule has 0 aromatic heterocycles. The van der Waals surface area contributed by atoms with E-state index in [4.69, 9.17) is 4.74 Å². The number of hydrogen-bond acceptors (Lipinski definition) is 4. The van der Waals surface area contributed by atoms with Gasteiger partial charge in [0.1, 0.15) is 5.60 Å². The standard InChI is InChI=1S/C11H22N2O3/c1-3-5-12-10(14)9(2)13-7-11(15)4-6-16-8-11/h9,13,15H,3-8H2,1-2H3,(H,12,14). The Bertz CT molecular complexity index is 227. The molecule has 3 N–H and O–H groups in total. The SMILES string of the molecule is CCCNC(=O)C(C)NCC1(O)CCOC1. The monoisotopic (exact) mass is 230 g/mol. The van der Waals surface area contributed by atoms with Gasteiger partial charge in [-0.25, -0.2) is 0 Å². The van der Waals surface area contributed by atoms with Crippen molar-refractivity contribution in [2.75, 3.05) is 26.3 Å². The summed E-state index contributed by atoms with van der Waals surface area (Å²) in [5, 5.41) is 15.8. The molecule has 1 saturated heterocycles. The molecule has 1 aliphatic rings. The van der Waals surface area contributed by atoms with Crippen LogP contribution in [0.4, 0.5) is 0 Å². The fourth-order valence-electron chi connectivity index (χ4n) is 1.57. The van der Waals surface area contributed by atoms with Crippen LogP contribution in [0, 0.1) is 0 Å². The molecule has 0 aromatic carbocycles. The van der Waals surface area contributed by atoms with Gasteiger partial charge in [-0.2, -0.15) is 0 Å². The Kier molecular flexibility index (Phi) is 5.18. The minimum atomic E-state index is -0.806. The van der Waals surface area contributed by atoms with E-state index in [1.807, 2.05) is 6.92 Å². The summed E-state index contributed by atoms with van der Waals surface area (Å²) < 4.78 is 5.13. The first kappa shape index (κ1) is 13.4. The van der Waals surface area contributed by atoms with Gasteiger partial charge in [0.15, 0.2) is 0 Å². The highest BCUT2D eigenvalue weighted by molar-refractivity contribution is 5.81. The molecule has 0 bridgehead atoms. The Balaban J connectivity index is 2.23. The normalized spacial score (nSPS) is 26.7. The van der Waals surface area contributed by atoms with E-state index in [-0.39, 0.29) is 11.9 Å². The van der Waals surface area contributed by atoms with Crippen LogP contribution < -0.4 is 10.6 Å². The Morgan fingerprint density at radius 2 is 2.38 bits per heavy atom. The van der Waals surface area contributed by atoms with Crippen LogP contribution in [0.5, 0.6) is 0 Å². The van der Waals surface area contributed by atoms with Crippen molar-refractivity contribution in [2.24, 2.45) is 0 Å². The van der Waals surface area contributed by atoms with Crippen molar-refractivity contribution in [2.45, 2.75) is 38.3 Å². The lowest BCUT2D eigenvalue weighted by molar-refractivity contribution is -0.123. The highest BCUT2D eigenvalue weighted by atomic mass is 16.5. The van der Waals surface area contributed by atoms with Gasteiger partial charge < -0.3 is 20.5 Å². The van der Waals surface area contributed by atoms with E-state index in [0.717, 1.165) is 6.42 Å². The third-order valence-corrected chi connectivity index (χ3v) is 2.76. The molecule has 1 heterocycles. The first-order valence-corrected chi connectivity index (χ1v) is 5.88. The fraction of sp³-hybridized carbons (Fsp3) is 0.909. The van der Waals surface area contributed by atoms with Crippen LogP contribution >= 0.6 is 0 Å². The number of hydrogen-bond donors (Lipinski definition) is 3.